The van der Waals surface area contributed by atoms with Crippen LogP contribution in [0.25, 0.3) is 6.08 Å². The Hall–Kier alpha value is -1.67. The Bertz CT molecular complexity index is 491. The SMILES string of the molecule is Nc1cccc(SCC=Cc2ccccc2)c1. The van der Waals surface area contributed by atoms with Gasteiger partial charge < -0.3 is 5.73 Å². The van der Waals surface area contributed by atoms with E-state index in [-0.39, 0.29) is 0 Å². The first-order valence-electron chi connectivity index (χ1n) is 5.54. The molecule has 0 heterocycles. The summed E-state index contributed by atoms with van der Waals surface area (Å²) in [6, 6.07) is 18.3. The van der Waals surface area contributed by atoms with Gasteiger partial charge >= 0.3 is 0 Å². The molecule has 17 heavy (non-hydrogen) atoms. The van der Waals surface area contributed by atoms with Gasteiger partial charge in [0.2, 0.25) is 0 Å². The Morgan fingerprint density at radius 3 is 2.59 bits per heavy atom. The standard InChI is InChI=1S/C15H15NS/c16-14-9-4-10-15(12-14)17-11-5-8-13-6-2-1-3-7-13/h1-10,12H,11,16H2. The van der Waals surface area contributed by atoms with Crippen molar-refractivity contribution in [2.24, 2.45) is 0 Å². The maximum Gasteiger partial charge on any atom is 0.0325 e. The Balaban J connectivity index is 1.86. The van der Waals surface area contributed by atoms with E-state index < -0.39 is 0 Å². The molecule has 0 unspecified atom stereocenters. The van der Waals surface area contributed by atoms with E-state index in [1.54, 1.807) is 11.8 Å². The predicted octanol–water partition coefficient (Wildman–Crippen LogP) is 4.07. The van der Waals surface area contributed by atoms with E-state index >= 15 is 0 Å². The summed E-state index contributed by atoms with van der Waals surface area (Å²) in [6.07, 6.45) is 4.31. The number of benzene rings is 2. The van der Waals surface area contributed by atoms with Crippen LogP contribution in [0, 0.1) is 0 Å². The average molecular weight is 241 g/mol. The molecule has 0 aromatic heterocycles. The van der Waals surface area contributed by atoms with Crippen LogP contribution in [0.15, 0.2) is 65.6 Å². The highest BCUT2D eigenvalue weighted by Crippen LogP contribution is 2.20. The Kier molecular flexibility index (Phi) is 4.28. The number of nitrogen functional groups attached to an aromatic ring is 1. The van der Waals surface area contributed by atoms with Crippen LogP contribution >= 0.6 is 11.8 Å². The zero-order valence-corrected chi connectivity index (χ0v) is 10.4. The fourth-order valence-corrected chi connectivity index (χ4v) is 2.28. The van der Waals surface area contributed by atoms with Crippen molar-refractivity contribution >= 4 is 23.5 Å². The molecule has 0 bridgehead atoms. The first-order valence-corrected chi connectivity index (χ1v) is 6.53. The number of thioether (sulfide) groups is 1. The topological polar surface area (TPSA) is 26.0 Å². The molecule has 0 amide bonds. The minimum absolute atomic E-state index is 0.821. The van der Waals surface area contributed by atoms with Crippen molar-refractivity contribution in [2.45, 2.75) is 4.90 Å². The molecule has 2 rings (SSSR count). The summed E-state index contributed by atoms with van der Waals surface area (Å²) < 4.78 is 0. The van der Waals surface area contributed by atoms with Gasteiger partial charge in [-0.05, 0) is 23.8 Å². The highest BCUT2D eigenvalue weighted by atomic mass is 32.2. The van der Waals surface area contributed by atoms with E-state index in [9.17, 15) is 0 Å². The largest absolute Gasteiger partial charge is 0.399 e. The van der Waals surface area contributed by atoms with E-state index in [4.69, 9.17) is 5.73 Å². The molecule has 0 radical (unpaired) electrons. The van der Waals surface area contributed by atoms with Crippen LogP contribution in [0.2, 0.25) is 0 Å². The summed E-state index contributed by atoms with van der Waals surface area (Å²) >= 11 is 1.79. The molecular formula is C15H15NS. The molecule has 2 heteroatoms. The molecule has 0 spiro atoms. The van der Waals surface area contributed by atoms with Crippen LogP contribution in [0.4, 0.5) is 5.69 Å². The third kappa shape index (κ3) is 4.00. The number of hydrogen-bond donors (Lipinski definition) is 1. The van der Waals surface area contributed by atoms with E-state index in [1.807, 2.05) is 36.4 Å². The van der Waals surface area contributed by atoms with E-state index in [1.165, 1.54) is 10.5 Å². The molecule has 2 aromatic rings. The second kappa shape index (κ2) is 6.16. The third-order valence-electron chi connectivity index (χ3n) is 2.31. The molecule has 0 atom stereocenters. The van der Waals surface area contributed by atoms with Crippen LogP contribution in [0.5, 0.6) is 0 Å². The zero-order chi connectivity index (χ0) is 11.9. The molecule has 2 N–H and O–H groups in total. The van der Waals surface area contributed by atoms with Crippen molar-refractivity contribution in [3.05, 3.63) is 66.2 Å². The quantitative estimate of drug-likeness (QED) is 0.645. The smallest absolute Gasteiger partial charge is 0.0325 e. The summed E-state index contributed by atoms with van der Waals surface area (Å²) in [5.41, 5.74) is 7.78. The fourth-order valence-electron chi connectivity index (χ4n) is 1.50. The molecule has 0 aliphatic heterocycles. The highest BCUT2D eigenvalue weighted by molar-refractivity contribution is 7.99. The van der Waals surface area contributed by atoms with Crippen molar-refractivity contribution in [2.75, 3.05) is 11.5 Å². The first kappa shape index (κ1) is 11.8. The number of hydrogen-bond acceptors (Lipinski definition) is 2. The lowest BCUT2D eigenvalue weighted by molar-refractivity contribution is 1.46. The summed E-state index contributed by atoms with van der Waals surface area (Å²) in [4.78, 5) is 1.21. The monoisotopic (exact) mass is 241 g/mol. The predicted molar refractivity (Wildman–Crippen MR) is 77.1 cm³/mol. The van der Waals surface area contributed by atoms with E-state index in [0.29, 0.717) is 0 Å². The van der Waals surface area contributed by atoms with Crippen molar-refractivity contribution in [1.82, 2.24) is 0 Å². The second-order valence-electron chi connectivity index (χ2n) is 3.70. The molecule has 0 aliphatic rings. The van der Waals surface area contributed by atoms with Crippen molar-refractivity contribution in [1.29, 1.82) is 0 Å². The zero-order valence-electron chi connectivity index (χ0n) is 9.54. The van der Waals surface area contributed by atoms with Gasteiger partial charge in [0.25, 0.3) is 0 Å². The van der Waals surface area contributed by atoms with Crippen LogP contribution in [0.1, 0.15) is 5.56 Å². The number of rotatable bonds is 4. The minimum Gasteiger partial charge on any atom is -0.399 e. The minimum atomic E-state index is 0.821. The summed E-state index contributed by atoms with van der Waals surface area (Å²) in [5.74, 6) is 0.957. The van der Waals surface area contributed by atoms with Crippen LogP contribution in [-0.2, 0) is 0 Å². The highest BCUT2D eigenvalue weighted by Gasteiger charge is 1.92. The lowest BCUT2D eigenvalue weighted by atomic mass is 10.2. The Morgan fingerprint density at radius 2 is 1.82 bits per heavy atom. The lowest BCUT2D eigenvalue weighted by Crippen LogP contribution is -1.83. The molecule has 0 aliphatic carbocycles. The van der Waals surface area contributed by atoms with Gasteiger partial charge in [-0.3, -0.25) is 0 Å². The van der Waals surface area contributed by atoms with Gasteiger partial charge in [-0.1, -0.05) is 48.6 Å². The normalized spacial score (nSPS) is 10.8. The van der Waals surface area contributed by atoms with Gasteiger partial charge in [-0.25, -0.2) is 0 Å². The fraction of sp³-hybridized carbons (Fsp3) is 0.0667. The van der Waals surface area contributed by atoms with Crippen molar-refractivity contribution in [3.8, 4) is 0 Å². The van der Waals surface area contributed by atoms with Crippen LogP contribution in [0.3, 0.4) is 0 Å². The average Bonchev–Trinajstić information content (AvgIpc) is 2.36. The van der Waals surface area contributed by atoms with Crippen molar-refractivity contribution < 1.29 is 0 Å². The number of anilines is 1. The van der Waals surface area contributed by atoms with E-state index in [2.05, 4.69) is 30.4 Å². The van der Waals surface area contributed by atoms with Gasteiger partial charge in [0, 0.05) is 16.3 Å². The van der Waals surface area contributed by atoms with Crippen molar-refractivity contribution in [3.63, 3.8) is 0 Å². The molecule has 86 valence electrons. The second-order valence-corrected chi connectivity index (χ2v) is 4.79. The van der Waals surface area contributed by atoms with E-state index in [0.717, 1.165) is 11.4 Å². The molecule has 0 saturated carbocycles. The Labute approximate surface area is 106 Å². The van der Waals surface area contributed by atoms with Gasteiger partial charge in [0.05, 0.1) is 0 Å². The Morgan fingerprint density at radius 1 is 1.00 bits per heavy atom. The molecule has 1 nitrogen and oxygen atoms in total. The third-order valence-corrected chi connectivity index (χ3v) is 3.26. The van der Waals surface area contributed by atoms with Gasteiger partial charge in [0.15, 0.2) is 0 Å². The maximum absolute atomic E-state index is 5.72. The van der Waals surface area contributed by atoms with Gasteiger partial charge in [-0.15, -0.1) is 11.8 Å². The van der Waals surface area contributed by atoms with Gasteiger partial charge in [0.1, 0.15) is 0 Å². The lowest BCUT2D eigenvalue weighted by Gasteiger charge is -1.99. The molecular weight excluding hydrogens is 226 g/mol. The molecule has 2 aromatic carbocycles. The maximum atomic E-state index is 5.72. The van der Waals surface area contributed by atoms with Crippen LogP contribution < -0.4 is 5.73 Å². The van der Waals surface area contributed by atoms with Gasteiger partial charge in [-0.2, -0.15) is 0 Å². The summed E-state index contributed by atoms with van der Waals surface area (Å²) in [5, 5.41) is 0. The summed E-state index contributed by atoms with van der Waals surface area (Å²) in [7, 11) is 0. The molecule has 0 saturated heterocycles. The summed E-state index contributed by atoms with van der Waals surface area (Å²) in [6.45, 7) is 0. The first-order chi connectivity index (χ1) is 8.34. The van der Waals surface area contributed by atoms with Crippen LogP contribution in [-0.4, -0.2) is 5.75 Å². The number of nitrogens with two attached hydrogens (primary N) is 1. The molecule has 0 fully saturated rings.